The van der Waals surface area contributed by atoms with Crippen LogP contribution in [0.1, 0.15) is 10.4 Å². The molecule has 0 amide bonds. The third-order valence-corrected chi connectivity index (χ3v) is 2.48. The zero-order valence-corrected chi connectivity index (χ0v) is 9.65. The fourth-order valence-corrected chi connectivity index (χ4v) is 1.50. The predicted molar refractivity (Wildman–Crippen MR) is 57.4 cm³/mol. The molecule has 0 atom stereocenters. The minimum absolute atomic E-state index is 0.160. The molecule has 0 aliphatic carbocycles. The Kier molecular flexibility index (Phi) is 4.83. The first kappa shape index (κ1) is 14.6. The van der Waals surface area contributed by atoms with E-state index in [-0.39, 0.29) is 29.9 Å². The van der Waals surface area contributed by atoms with Crippen LogP contribution in [-0.2, 0) is 0 Å². The Hall–Kier alpha value is -1.44. The zero-order valence-electron chi connectivity index (χ0n) is 8.83. The monoisotopic (exact) mass is 284 g/mol. The van der Waals surface area contributed by atoms with Crippen molar-refractivity contribution in [1.29, 1.82) is 0 Å². The van der Waals surface area contributed by atoms with E-state index >= 15 is 0 Å². The number of carboxylic acid groups (broad SMARTS) is 1. The van der Waals surface area contributed by atoms with Gasteiger partial charge in [-0.1, -0.05) is 0 Å². The van der Waals surface area contributed by atoms with Crippen LogP contribution < -0.4 is 4.74 Å². The van der Waals surface area contributed by atoms with E-state index in [0.717, 1.165) is 18.2 Å². The molecule has 3 nitrogen and oxygen atoms in total. The van der Waals surface area contributed by atoms with Gasteiger partial charge in [-0.3, -0.25) is 0 Å². The van der Waals surface area contributed by atoms with E-state index in [4.69, 9.17) is 9.84 Å². The number of halogens is 4. The topological polar surface area (TPSA) is 46.5 Å². The van der Waals surface area contributed by atoms with Gasteiger partial charge in [0, 0.05) is 5.75 Å². The average molecular weight is 284 g/mol. The second kappa shape index (κ2) is 5.94. The van der Waals surface area contributed by atoms with Crippen molar-refractivity contribution in [3.05, 3.63) is 29.6 Å². The molecule has 1 rings (SSSR count). The molecule has 0 bridgehead atoms. The summed E-state index contributed by atoms with van der Waals surface area (Å²) in [4.78, 5) is 10.7. The van der Waals surface area contributed by atoms with Crippen LogP contribution in [0.2, 0.25) is 0 Å². The number of carbonyl (C=O) groups is 1. The van der Waals surface area contributed by atoms with Gasteiger partial charge in [-0.2, -0.15) is 13.2 Å². The molecule has 0 unspecified atom stereocenters. The summed E-state index contributed by atoms with van der Waals surface area (Å²) >= 11 is -0.276. The van der Waals surface area contributed by atoms with Crippen LogP contribution in [0.5, 0.6) is 5.75 Å². The minimum Gasteiger partial charge on any atom is -0.492 e. The maximum atomic E-state index is 12.8. The van der Waals surface area contributed by atoms with E-state index in [1.54, 1.807) is 0 Å². The number of rotatable bonds is 5. The predicted octanol–water partition coefficient (Wildman–Crippen LogP) is 3.16. The van der Waals surface area contributed by atoms with Crippen LogP contribution in [0.25, 0.3) is 0 Å². The van der Waals surface area contributed by atoms with Crippen LogP contribution in [-0.4, -0.2) is 28.9 Å². The van der Waals surface area contributed by atoms with Crippen LogP contribution in [0.3, 0.4) is 0 Å². The lowest BCUT2D eigenvalue weighted by molar-refractivity contribution is -0.0329. The third-order valence-electron chi connectivity index (χ3n) is 1.78. The van der Waals surface area contributed by atoms with Crippen molar-refractivity contribution in [2.45, 2.75) is 5.51 Å². The molecular weight excluding hydrogens is 276 g/mol. The molecule has 0 heterocycles. The van der Waals surface area contributed by atoms with E-state index in [1.165, 1.54) is 0 Å². The van der Waals surface area contributed by atoms with Crippen molar-refractivity contribution in [2.24, 2.45) is 0 Å². The lowest BCUT2D eigenvalue weighted by Gasteiger charge is -2.09. The number of carboxylic acids is 1. The highest BCUT2D eigenvalue weighted by Crippen LogP contribution is 2.30. The molecule has 0 saturated heterocycles. The standard InChI is InChI=1S/C10H8F4O3S/c11-6-1-2-8(7(5-6)9(15)16)17-3-4-18-10(12,13)14/h1-2,5H,3-4H2,(H,15,16). The molecule has 8 heteroatoms. The molecule has 0 aliphatic rings. The van der Waals surface area contributed by atoms with Crippen molar-refractivity contribution in [2.75, 3.05) is 12.4 Å². The number of benzene rings is 1. The van der Waals surface area contributed by atoms with Gasteiger partial charge in [0.25, 0.3) is 0 Å². The molecule has 0 saturated carbocycles. The van der Waals surface area contributed by atoms with E-state index in [0.29, 0.717) is 0 Å². The molecule has 18 heavy (non-hydrogen) atoms. The van der Waals surface area contributed by atoms with E-state index < -0.39 is 22.9 Å². The maximum absolute atomic E-state index is 12.8. The summed E-state index contributed by atoms with van der Waals surface area (Å²) in [6.07, 6.45) is 0. The van der Waals surface area contributed by atoms with E-state index in [1.807, 2.05) is 0 Å². The van der Waals surface area contributed by atoms with Gasteiger partial charge in [-0.25, -0.2) is 9.18 Å². The van der Waals surface area contributed by atoms with Gasteiger partial charge in [0.15, 0.2) is 0 Å². The van der Waals surface area contributed by atoms with Crippen LogP contribution in [0, 0.1) is 5.82 Å². The average Bonchev–Trinajstić information content (AvgIpc) is 2.24. The summed E-state index contributed by atoms with van der Waals surface area (Å²) in [5.41, 5.74) is -4.78. The molecule has 0 fully saturated rings. The summed E-state index contributed by atoms with van der Waals surface area (Å²) in [6, 6.07) is 2.78. The van der Waals surface area contributed by atoms with Crippen LogP contribution in [0.15, 0.2) is 18.2 Å². The van der Waals surface area contributed by atoms with Gasteiger partial charge >= 0.3 is 11.5 Å². The fraction of sp³-hybridized carbons (Fsp3) is 0.300. The molecule has 0 spiro atoms. The lowest BCUT2D eigenvalue weighted by Crippen LogP contribution is -2.09. The Labute approximate surface area is 104 Å². The second-order valence-corrected chi connectivity index (χ2v) is 4.25. The molecule has 1 N–H and O–H groups in total. The molecule has 0 radical (unpaired) electrons. The van der Waals surface area contributed by atoms with Crippen molar-refractivity contribution >= 4 is 17.7 Å². The van der Waals surface area contributed by atoms with Crippen molar-refractivity contribution in [3.8, 4) is 5.75 Å². The van der Waals surface area contributed by atoms with Crippen LogP contribution >= 0.6 is 11.8 Å². The summed E-state index contributed by atoms with van der Waals surface area (Å²) in [5.74, 6) is -2.70. The summed E-state index contributed by atoms with van der Waals surface area (Å²) in [6.45, 7) is -0.323. The molecular formula is C10H8F4O3S. The summed E-state index contributed by atoms with van der Waals surface area (Å²) < 4.78 is 53.1. The highest BCUT2D eigenvalue weighted by atomic mass is 32.2. The molecule has 0 aromatic heterocycles. The van der Waals surface area contributed by atoms with Gasteiger partial charge in [-0.05, 0) is 30.0 Å². The zero-order chi connectivity index (χ0) is 13.8. The largest absolute Gasteiger partial charge is 0.492 e. The van der Waals surface area contributed by atoms with E-state index in [2.05, 4.69) is 0 Å². The molecule has 0 aliphatic heterocycles. The lowest BCUT2D eigenvalue weighted by atomic mass is 10.2. The number of aromatic carboxylic acids is 1. The first-order valence-electron chi connectivity index (χ1n) is 4.66. The van der Waals surface area contributed by atoms with Gasteiger partial charge in [-0.15, -0.1) is 0 Å². The molecule has 1 aromatic carbocycles. The SMILES string of the molecule is O=C(O)c1cc(F)ccc1OCCSC(F)(F)F. The molecule has 100 valence electrons. The van der Waals surface area contributed by atoms with Crippen molar-refractivity contribution in [1.82, 2.24) is 0 Å². The minimum atomic E-state index is -4.36. The third kappa shape index (κ3) is 4.82. The van der Waals surface area contributed by atoms with Gasteiger partial charge in [0.05, 0.1) is 6.61 Å². The first-order valence-corrected chi connectivity index (χ1v) is 5.64. The number of hydrogen-bond donors (Lipinski definition) is 1. The van der Waals surface area contributed by atoms with Gasteiger partial charge < -0.3 is 9.84 Å². The Bertz CT molecular complexity index is 434. The number of thioether (sulfide) groups is 1. The highest BCUT2D eigenvalue weighted by Gasteiger charge is 2.27. The number of hydrogen-bond acceptors (Lipinski definition) is 3. The fourth-order valence-electron chi connectivity index (χ4n) is 1.10. The Balaban J connectivity index is 2.59. The Morgan fingerprint density at radius 2 is 2.06 bits per heavy atom. The number of alkyl halides is 3. The van der Waals surface area contributed by atoms with Gasteiger partial charge in [0.1, 0.15) is 17.1 Å². The first-order chi connectivity index (χ1) is 8.29. The quantitative estimate of drug-likeness (QED) is 0.666. The highest BCUT2D eigenvalue weighted by molar-refractivity contribution is 8.00. The Morgan fingerprint density at radius 3 is 2.61 bits per heavy atom. The smallest absolute Gasteiger partial charge is 0.441 e. The van der Waals surface area contributed by atoms with Crippen molar-refractivity contribution < 1.29 is 32.2 Å². The normalized spacial score (nSPS) is 11.3. The van der Waals surface area contributed by atoms with Crippen molar-refractivity contribution in [3.63, 3.8) is 0 Å². The van der Waals surface area contributed by atoms with E-state index in [9.17, 15) is 22.4 Å². The summed E-state index contributed by atoms with van der Waals surface area (Å²) in [7, 11) is 0. The van der Waals surface area contributed by atoms with Gasteiger partial charge in [0.2, 0.25) is 0 Å². The maximum Gasteiger partial charge on any atom is 0.441 e. The number of ether oxygens (including phenoxy) is 1. The Morgan fingerprint density at radius 1 is 1.39 bits per heavy atom. The second-order valence-electron chi connectivity index (χ2n) is 3.09. The summed E-state index contributed by atoms with van der Waals surface area (Å²) in [5, 5.41) is 8.74. The van der Waals surface area contributed by atoms with Crippen LogP contribution in [0.4, 0.5) is 17.6 Å². The molecule has 1 aromatic rings.